The number of fused-ring (bicyclic) bond motifs is 1. The number of benzene rings is 2. The highest BCUT2D eigenvalue weighted by Gasteiger charge is 2.13. The maximum atomic E-state index is 11.3. The van der Waals surface area contributed by atoms with E-state index in [2.05, 4.69) is 9.97 Å². The van der Waals surface area contributed by atoms with Gasteiger partial charge in [-0.1, -0.05) is 30.3 Å². The van der Waals surface area contributed by atoms with E-state index in [0.29, 0.717) is 6.42 Å². The fraction of sp³-hybridized carbons (Fsp3) is 0.188. The van der Waals surface area contributed by atoms with Gasteiger partial charge in [-0.25, -0.2) is 4.79 Å². The number of nitrogens with one attached hydrogen (secondary N) is 2. The molecule has 20 heavy (non-hydrogen) atoms. The van der Waals surface area contributed by atoms with Crippen molar-refractivity contribution in [2.45, 2.75) is 19.4 Å². The van der Waals surface area contributed by atoms with Gasteiger partial charge in [-0.3, -0.25) is 0 Å². The second-order valence-corrected chi connectivity index (χ2v) is 5.04. The van der Waals surface area contributed by atoms with Crippen molar-refractivity contribution < 1.29 is 5.11 Å². The van der Waals surface area contributed by atoms with Crippen LogP contribution >= 0.6 is 0 Å². The summed E-state index contributed by atoms with van der Waals surface area (Å²) < 4.78 is 0. The zero-order valence-electron chi connectivity index (χ0n) is 11.2. The summed E-state index contributed by atoms with van der Waals surface area (Å²) in [6, 6.07) is 13.6. The lowest BCUT2D eigenvalue weighted by Gasteiger charge is -2.14. The van der Waals surface area contributed by atoms with Crippen LogP contribution in [0.3, 0.4) is 0 Å². The van der Waals surface area contributed by atoms with Gasteiger partial charge < -0.3 is 15.1 Å². The molecule has 0 amide bonds. The van der Waals surface area contributed by atoms with Crippen LogP contribution in [0.4, 0.5) is 0 Å². The molecule has 3 aromatic rings. The van der Waals surface area contributed by atoms with E-state index < -0.39 is 6.10 Å². The molecule has 0 aliphatic rings. The van der Waals surface area contributed by atoms with Crippen molar-refractivity contribution in [1.29, 1.82) is 0 Å². The maximum absolute atomic E-state index is 11.3. The summed E-state index contributed by atoms with van der Waals surface area (Å²) in [6.45, 7) is 1.94. The molecule has 1 aromatic heterocycles. The normalized spacial score (nSPS) is 12.7. The fourth-order valence-electron chi connectivity index (χ4n) is 2.51. The van der Waals surface area contributed by atoms with Gasteiger partial charge >= 0.3 is 5.69 Å². The van der Waals surface area contributed by atoms with Crippen molar-refractivity contribution in [1.82, 2.24) is 9.97 Å². The average molecular weight is 268 g/mol. The van der Waals surface area contributed by atoms with E-state index in [1.165, 1.54) is 0 Å². The average Bonchev–Trinajstić information content (AvgIpc) is 2.78. The lowest BCUT2D eigenvalue weighted by Crippen LogP contribution is -2.04. The lowest BCUT2D eigenvalue weighted by atomic mass is 9.97. The van der Waals surface area contributed by atoms with E-state index in [-0.39, 0.29) is 5.69 Å². The van der Waals surface area contributed by atoms with Crippen molar-refractivity contribution in [2.24, 2.45) is 0 Å². The Balaban J connectivity index is 1.96. The highest BCUT2D eigenvalue weighted by atomic mass is 16.3. The molecule has 2 aromatic carbocycles. The Bertz CT molecular complexity index is 787. The summed E-state index contributed by atoms with van der Waals surface area (Å²) in [6.07, 6.45) is -0.0258. The number of aromatic nitrogens is 2. The van der Waals surface area contributed by atoms with Crippen LogP contribution in [0, 0.1) is 6.92 Å². The topological polar surface area (TPSA) is 68.9 Å². The Morgan fingerprint density at radius 3 is 2.45 bits per heavy atom. The Morgan fingerprint density at radius 2 is 1.75 bits per heavy atom. The number of hydrogen-bond acceptors (Lipinski definition) is 2. The maximum Gasteiger partial charge on any atom is 0.323 e. The largest absolute Gasteiger partial charge is 0.388 e. The van der Waals surface area contributed by atoms with Gasteiger partial charge in [-0.2, -0.15) is 0 Å². The quantitative estimate of drug-likeness (QED) is 0.683. The molecule has 0 radical (unpaired) electrons. The molecule has 0 bridgehead atoms. The van der Waals surface area contributed by atoms with E-state index in [9.17, 15) is 9.90 Å². The third-order valence-electron chi connectivity index (χ3n) is 3.53. The smallest absolute Gasteiger partial charge is 0.323 e. The van der Waals surface area contributed by atoms with Crippen LogP contribution in [0.1, 0.15) is 22.8 Å². The van der Waals surface area contributed by atoms with Crippen LogP contribution in [-0.4, -0.2) is 15.1 Å². The van der Waals surface area contributed by atoms with Crippen LogP contribution in [0.5, 0.6) is 0 Å². The Kier molecular flexibility index (Phi) is 3.16. The van der Waals surface area contributed by atoms with Gasteiger partial charge in [0.2, 0.25) is 0 Å². The third kappa shape index (κ3) is 2.38. The summed E-state index contributed by atoms with van der Waals surface area (Å²) in [5.74, 6) is 0. The molecule has 0 aliphatic heterocycles. The second-order valence-electron chi connectivity index (χ2n) is 5.04. The molecule has 0 fully saturated rings. The number of hydrogen-bond donors (Lipinski definition) is 3. The zero-order valence-corrected chi connectivity index (χ0v) is 11.2. The predicted octanol–water partition coefficient (Wildman–Crippen LogP) is 2.44. The molecule has 1 unspecified atom stereocenters. The molecule has 102 valence electrons. The minimum absolute atomic E-state index is 0.228. The minimum Gasteiger partial charge on any atom is -0.388 e. The Labute approximate surface area is 116 Å². The summed E-state index contributed by atoms with van der Waals surface area (Å²) in [7, 11) is 0. The van der Waals surface area contributed by atoms with Gasteiger partial charge in [-0.05, 0) is 35.7 Å². The molecule has 3 N–H and O–H groups in total. The van der Waals surface area contributed by atoms with Gasteiger partial charge in [-0.15, -0.1) is 0 Å². The summed E-state index contributed by atoms with van der Waals surface area (Å²) in [5, 5.41) is 10.4. The lowest BCUT2D eigenvalue weighted by molar-refractivity contribution is 0.178. The third-order valence-corrected chi connectivity index (χ3v) is 3.53. The molecular formula is C16H16N2O2. The van der Waals surface area contributed by atoms with E-state index in [1.54, 1.807) is 0 Å². The molecule has 0 saturated carbocycles. The number of imidazole rings is 1. The second kappa shape index (κ2) is 4.98. The van der Waals surface area contributed by atoms with E-state index in [0.717, 1.165) is 27.7 Å². The van der Waals surface area contributed by atoms with Crippen molar-refractivity contribution in [3.63, 3.8) is 0 Å². The first-order chi connectivity index (χ1) is 9.63. The molecular weight excluding hydrogens is 252 g/mol. The summed E-state index contributed by atoms with van der Waals surface area (Å²) >= 11 is 0. The van der Waals surface area contributed by atoms with Gasteiger partial charge in [0.15, 0.2) is 0 Å². The molecule has 0 saturated heterocycles. The molecule has 4 heteroatoms. The number of aryl methyl sites for hydroxylation is 1. The summed E-state index contributed by atoms with van der Waals surface area (Å²) in [4.78, 5) is 16.7. The van der Waals surface area contributed by atoms with Gasteiger partial charge in [0, 0.05) is 6.42 Å². The number of aliphatic hydroxyl groups is 1. The van der Waals surface area contributed by atoms with Gasteiger partial charge in [0.25, 0.3) is 0 Å². The fourth-order valence-corrected chi connectivity index (χ4v) is 2.51. The van der Waals surface area contributed by atoms with E-state index in [1.807, 2.05) is 49.4 Å². The summed E-state index contributed by atoms with van der Waals surface area (Å²) in [5.41, 5.74) is 4.16. The molecule has 1 heterocycles. The van der Waals surface area contributed by atoms with Crippen molar-refractivity contribution >= 4 is 11.0 Å². The van der Waals surface area contributed by atoms with Gasteiger partial charge in [0.05, 0.1) is 17.1 Å². The molecule has 0 spiro atoms. The van der Waals surface area contributed by atoms with E-state index >= 15 is 0 Å². The highest BCUT2D eigenvalue weighted by Crippen LogP contribution is 2.24. The van der Waals surface area contributed by atoms with Crippen LogP contribution in [0.25, 0.3) is 11.0 Å². The van der Waals surface area contributed by atoms with Gasteiger partial charge in [0.1, 0.15) is 0 Å². The first kappa shape index (κ1) is 12.7. The van der Waals surface area contributed by atoms with Crippen LogP contribution in [0.15, 0.2) is 47.3 Å². The number of aliphatic hydroxyl groups excluding tert-OH is 1. The Hall–Kier alpha value is -2.33. The molecule has 1 atom stereocenters. The molecule has 3 rings (SSSR count). The molecule has 0 aliphatic carbocycles. The van der Waals surface area contributed by atoms with E-state index in [4.69, 9.17) is 0 Å². The van der Waals surface area contributed by atoms with Crippen molar-refractivity contribution in [3.8, 4) is 0 Å². The predicted molar refractivity (Wildman–Crippen MR) is 78.8 cm³/mol. The molecule has 4 nitrogen and oxygen atoms in total. The minimum atomic E-state index is -0.583. The van der Waals surface area contributed by atoms with Crippen LogP contribution in [-0.2, 0) is 6.42 Å². The van der Waals surface area contributed by atoms with Crippen molar-refractivity contribution in [2.75, 3.05) is 0 Å². The zero-order chi connectivity index (χ0) is 14.1. The standard InChI is InChI=1S/C16H16N2O2/c1-10-7-13-14(18-16(20)17-13)9-12(10)15(19)8-11-5-3-2-4-6-11/h2-7,9,15,19H,8H2,1H3,(H2,17,18,20). The SMILES string of the molecule is Cc1cc2[nH]c(=O)[nH]c2cc1C(O)Cc1ccccc1. The van der Waals surface area contributed by atoms with Crippen LogP contribution < -0.4 is 5.69 Å². The van der Waals surface area contributed by atoms with Crippen molar-refractivity contribution in [3.05, 3.63) is 69.6 Å². The first-order valence-electron chi connectivity index (χ1n) is 6.58. The number of H-pyrrole nitrogens is 2. The Morgan fingerprint density at radius 1 is 1.10 bits per heavy atom. The monoisotopic (exact) mass is 268 g/mol. The highest BCUT2D eigenvalue weighted by molar-refractivity contribution is 5.76. The number of rotatable bonds is 3. The van der Waals surface area contributed by atoms with Crippen LogP contribution in [0.2, 0.25) is 0 Å². The first-order valence-corrected chi connectivity index (χ1v) is 6.58. The number of aromatic amines is 2.